The van der Waals surface area contributed by atoms with Crippen LogP contribution >= 0.6 is 22.7 Å². The fourth-order valence-electron chi connectivity index (χ4n) is 1.48. The van der Waals surface area contributed by atoms with Gasteiger partial charge in [0.05, 0.1) is 11.4 Å². The molecule has 0 aliphatic carbocycles. The first-order chi connectivity index (χ1) is 7.75. The fraction of sp³-hybridized carbons (Fsp3) is 0.250. The molecule has 0 N–H and O–H groups in total. The second-order valence-corrected chi connectivity index (χ2v) is 5.63. The molecule has 0 saturated carbocycles. The monoisotopic (exact) mass is 251 g/mol. The van der Waals surface area contributed by atoms with Gasteiger partial charge in [0, 0.05) is 11.4 Å². The summed E-state index contributed by atoms with van der Waals surface area (Å²) in [7, 11) is 1.98. The first-order valence-electron chi connectivity index (χ1n) is 5.03. The largest absolute Gasteiger partial charge is 0.294 e. The van der Waals surface area contributed by atoms with Gasteiger partial charge in [0.2, 0.25) is 0 Å². The average Bonchev–Trinajstić information content (AvgIpc) is 2.88. The summed E-state index contributed by atoms with van der Waals surface area (Å²) in [4.78, 5) is 16.0. The summed E-state index contributed by atoms with van der Waals surface area (Å²) in [6.45, 7) is 1.33. The van der Waals surface area contributed by atoms with E-state index in [1.54, 1.807) is 11.3 Å². The number of rotatable bonds is 5. The molecule has 0 unspecified atom stereocenters. The van der Waals surface area contributed by atoms with Gasteiger partial charge in [0.25, 0.3) is 0 Å². The molecule has 2 aromatic rings. The number of carbonyl (C=O) groups excluding carboxylic acids is 1. The van der Waals surface area contributed by atoms with Gasteiger partial charge in [-0.15, -0.1) is 22.7 Å². The summed E-state index contributed by atoms with van der Waals surface area (Å²) < 4.78 is 0. The number of thiophene rings is 2. The number of nitrogens with zero attached hydrogens (tertiary/aromatic N) is 1. The molecule has 0 fully saturated rings. The van der Waals surface area contributed by atoms with Gasteiger partial charge in [-0.2, -0.15) is 0 Å². The molecule has 2 heterocycles. The van der Waals surface area contributed by atoms with Gasteiger partial charge in [-0.05, 0) is 29.9 Å². The summed E-state index contributed by atoms with van der Waals surface area (Å²) >= 11 is 3.23. The van der Waals surface area contributed by atoms with E-state index in [-0.39, 0.29) is 5.78 Å². The molecular formula is C12H13NOS2. The number of likely N-dealkylation sites (N-methyl/N-ethyl adjacent to an activating group) is 1. The van der Waals surface area contributed by atoms with Crippen LogP contribution in [-0.2, 0) is 6.54 Å². The van der Waals surface area contributed by atoms with Crippen LogP contribution in [0, 0.1) is 0 Å². The summed E-state index contributed by atoms with van der Waals surface area (Å²) in [6, 6.07) is 7.93. The van der Waals surface area contributed by atoms with Crippen molar-refractivity contribution in [3.63, 3.8) is 0 Å². The molecule has 0 atom stereocenters. The Morgan fingerprint density at radius 3 is 2.62 bits per heavy atom. The van der Waals surface area contributed by atoms with Crippen LogP contribution in [0.3, 0.4) is 0 Å². The Labute approximate surface area is 103 Å². The van der Waals surface area contributed by atoms with Crippen LogP contribution in [0.1, 0.15) is 14.5 Å². The zero-order valence-corrected chi connectivity index (χ0v) is 10.7. The van der Waals surface area contributed by atoms with E-state index < -0.39 is 0 Å². The molecule has 0 saturated heterocycles. The summed E-state index contributed by atoms with van der Waals surface area (Å²) in [6.07, 6.45) is 0. The summed E-state index contributed by atoms with van der Waals surface area (Å²) in [5.41, 5.74) is 0. The number of carbonyl (C=O) groups is 1. The Balaban J connectivity index is 1.88. The Morgan fingerprint density at radius 2 is 2.00 bits per heavy atom. The number of Topliss-reactive ketones (excluding diaryl/α,β-unsaturated/α-hetero) is 1. The van der Waals surface area contributed by atoms with Gasteiger partial charge in [-0.25, -0.2) is 0 Å². The molecule has 0 radical (unpaired) electrons. The lowest BCUT2D eigenvalue weighted by Gasteiger charge is -2.13. The van der Waals surface area contributed by atoms with Gasteiger partial charge in [-0.1, -0.05) is 12.1 Å². The minimum atomic E-state index is 0.203. The van der Waals surface area contributed by atoms with E-state index in [1.165, 1.54) is 16.2 Å². The minimum absolute atomic E-state index is 0.203. The number of hydrogen-bond acceptors (Lipinski definition) is 4. The maximum atomic E-state index is 11.8. The lowest BCUT2D eigenvalue weighted by atomic mass is 10.3. The second-order valence-electron chi connectivity index (χ2n) is 3.65. The van der Waals surface area contributed by atoms with Crippen molar-refractivity contribution in [3.8, 4) is 0 Å². The number of ketones is 1. The first-order valence-corrected chi connectivity index (χ1v) is 6.79. The quantitative estimate of drug-likeness (QED) is 0.761. The molecule has 2 aromatic heterocycles. The van der Waals surface area contributed by atoms with Crippen LogP contribution in [-0.4, -0.2) is 24.3 Å². The van der Waals surface area contributed by atoms with E-state index in [0.29, 0.717) is 6.54 Å². The van der Waals surface area contributed by atoms with Crippen LogP contribution in [0.5, 0.6) is 0 Å². The molecule has 0 aromatic carbocycles. The first kappa shape index (κ1) is 11.5. The van der Waals surface area contributed by atoms with Gasteiger partial charge >= 0.3 is 0 Å². The highest BCUT2D eigenvalue weighted by molar-refractivity contribution is 7.12. The smallest absolute Gasteiger partial charge is 0.186 e. The van der Waals surface area contributed by atoms with Crippen molar-refractivity contribution in [3.05, 3.63) is 44.8 Å². The van der Waals surface area contributed by atoms with Crippen molar-refractivity contribution < 1.29 is 4.79 Å². The molecule has 84 valence electrons. The third-order valence-electron chi connectivity index (χ3n) is 2.22. The highest BCUT2D eigenvalue weighted by Gasteiger charge is 2.10. The van der Waals surface area contributed by atoms with Crippen LogP contribution < -0.4 is 0 Å². The molecule has 0 aliphatic heterocycles. The topological polar surface area (TPSA) is 20.3 Å². The maximum absolute atomic E-state index is 11.8. The van der Waals surface area contributed by atoms with Crippen LogP contribution in [0.4, 0.5) is 0 Å². The van der Waals surface area contributed by atoms with Gasteiger partial charge < -0.3 is 0 Å². The van der Waals surface area contributed by atoms with Gasteiger partial charge in [0.1, 0.15) is 0 Å². The molecule has 2 nitrogen and oxygen atoms in total. The predicted octanol–water partition coefficient (Wildman–Crippen LogP) is 3.12. The highest BCUT2D eigenvalue weighted by atomic mass is 32.1. The lowest BCUT2D eigenvalue weighted by molar-refractivity contribution is 0.0947. The third-order valence-corrected chi connectivity index (χ3v) is 3.99. The van der Waals surface area contributed by atoms with Crippen molar-refractivity contribution in [2.24, 2.45) is 0 Å². The third kappa shape index (κ3) is 3.01. The molecular weight excluding hydrogens is 238 g/mol. The van der Waals surface area contributed by atoms with Crippen LogP contribution in [0.25, 0.3) is 0 Å². The van der Waals surface area contributed by atoms with Crippen LogP contribution in [0.15, 0.2) is 35.0 Å². The fourth-order valence-corrected chi connectivity index (χ4v) is 2.93. The van der Waals surface area contributed by atoms with Crippen molar-refractivity contribution in [1.29, 1.82) is 0 Å². The zero-order valence-electron chi connectivity index (χ0n) is 9.05. The van der Waals surface area contributed by atoms with E-state index >= 15 is 0 Å². The average molecular weight is 251 g/mol. The molecule has 0 aliphatic rings. The molecule has 16 heavy (non-hydrogen) atoms. The summed E-state index contributed by atoms with van der Waals surface area (Å²) in [5.74, 6) is 0.203. The van der Waals surface area contributed by atoms with Gasteiger partial charge in [0.15, 0.2) is 5.78 Å². The summed E-state index contributed by atoms with van der Waals surface area (Å²) in [5, 5.41) is 4.00. The molecule has 0 spiro atoms. The van der Waals surface area contributed by atoms with E-state index in [4.69, 9.17) is 0 Å². The Bertz CT molecular complexity index is 434. The molecule has 2 rings (SSSR count). The van der Waals surface area contributed by atoms with E-state index in [1.807, 2.05) is 35.5 Å². The Kier molecular flexibility index (Phi) is 3.88. The van der Waals surface area contributed by atoms with E-state index in [0.717, 1.165) is 11.4 Å². The second kappa shape index (κ2) is 5.39. The lowest BCUT2D eigenvalue weighted by Crippen LogP contribution is -2.24. The maximum Gasteiger partial charge on any atom is 0.186 e. The SMILES string of the molecule is CN(CC(=O)c1cccs1)Cc1cccs1. The normalized spacial score (nSPS) is 10.9. The Hall–Kier alpha value is -0.970. The van der Waals surface area contributed by atoms with Crippen molar-refractivity contribution >= 4 is 28.5 Å². The molecule has 0 amide bonds. The van der Waals surface area contributed by atoms with Crippen molar-refractivity contribution in [1.82, 2.24) is 4.90 Å². The number of hydrogen-bond donors (Lipinski definition) is 0. The van der Waals surface area contributed by atoms with Gasteiger partial charge in [-0.3, -0.25) is 9.69 Å². The standard InChI is InChI=1S/C12H13NOS2/c1-13(8-10-4-2-6-15-10)9-11(14)12-5-3-7-16-12/h2-7H,8-9H2,1H3. The van der Waals surface area contributed by atoms with E-state index in [2.05, 4.69) is 11.4 Å². The van der Waals surface area contributed by atoms with Crippen molar-refractivity contribution in [2.45, 2.75) is 6.54 Å². The predicted molar refractivity (Wildman–Crippen MR) is 69.3 cm³/mol. The zero-order chi connectivity index (χ0) is 11.4. The van der Waals surface area contributed by atoms with Crippen molar-refractivity contribution in [2.75, 3.05) is 13.6 Å². The van der Waals surface area contributed by atoms with E-state index in [9.17, 15) is 4.79 Å². The molecule has 4 heteroatoms. The highest BCUT2D eigenvalue weighted by Crippen LogP contribution is 2.13. The van der Waals surface area contributed by atoms with Crippen LogP contribution in [0.2, 0.25) is 0 Å². The molecule has 0 bridgehead atoms. The minimum Gasteiger partial charge on any atom is -0.294 e. The Morgan fingerprint density at radius 1 is 1.25 bits per heavy atom.